The van der Waals surface area contributed by atoms with Gasteiger partial charge in [-0.25, -0.2) is 0 Å². The summed E-state index contributed by atoms with van der Waals surface area (Å²) < 4.78 is 0. The first-order valence-corrected chi connectivity index (χ1v) is 8.09. The van der Waals surface area contributed by atoms with Gasteiger partial charge in [-0.15, -0.1) is 0 Å². The minimum Gasteiger partial charge on any atom is -0.369 e. The van der Waals surface area contributed by atoms with E-state index < -0.39 is 0 Å². The molecular formula is C16H26ClN5. The number of guanidine groups is 2. The third-order valence-corrected chi connectivity index (χ3v) is 3.66. The molecule has 0 bridgehead atoms. The van der Waals surface area contributed by atoms with Crippen molar-refractivity contribution in [3.8, 4) is 0 Å². The normalized spacial score (nSPS) is 14.0. The molecule has 0 aromatic heterocycles. The summed E-state index contributed by atoms with van der Waals surface area (Å²) in [5.41, 5.74) is 12.4. The number of hydrogen-bond donors (Lipinski definition) is 3. The van der Waals surface area contributed by atoms with Crippen LogP contribution in [0.2, 0.25) is 5.02 Å². The van der Waals surface area contributed by atoms with Crippen LogP contribution in [0.1, 0.15) is 39.5 Å². The highest BCUT2D eigenvalue weighted by Crippen LogP contribution is 2.13. The van der Waals surface area contributed by atoms with Gasteiger partial charge in [0.25, 0.3) is 0 Å². The van der Waals surface area contributed by atoms with Crippen LogP contribution in [-0.2, 0) is 0 Å². The Morgan fingerprint density at radius 2 is 1.91 bits per heavy atom. The van der Waals surface area contributed by atoms with Crippen LogP contribution >= 0.6 is 11.6 Å². The molecule has 0 saturated heterocycles. The van der Waals surface area contributed by atoms with Gasteiger partial charge >= 0.3 is 0 Å². The Labute approximate surface area is 137 Å². The van der Waals surface area contributed by atoms with Crippen molar-refractivity contribution in [3.63, 3.8) is 0 Å². The minimum atomic E-state index is 0.203. The molecule has 6 heteroatoms. The highest BCUT2D eigenvalue weighted by atomic mass is 35.5. The van der Waals surface area contributed by atoms with E-state index in [4.69, 9.17) is 23.1 Å². The molecule has 0 fully saturated rings. The molecule has 0 radical (unpaired) electrons. The summed E-state index contributed by atoms with van der Waals surface area (Å²) in [7, 11) is 0. The maximum absolute atomic E-state index is 5.82. The second-order valence-electron chi connectivity index (χ2n) is 5.24. The Morgan fingerprint density at radius 3 is 2.50 bits per heavy atom. The first-order valence-electron chi connectivity index (χ1n) is 7.71. The maximum Gasteiger partial charge on any atom is 0.218 e. The zero-order valence-electron chi connectivity index (χ0n) is 13.3. The van der Waals surface area contributed by atoms with E-state index >= 15 is 0 Å². The molecule has 0 heterocycles. The number of hydrogen-bond acceptors (Lipinski definition) is 1. The standard InChI is InChI=1S/C16H26ClN5/c1-3-5-6-12(4-2)11-20-15(18)22-16(19)21-14-9-7-13(17)8-10-14/h7-10,12H,3-6,11H2,1-2H3,(H5,18,19,20,21,22). The van der Waals surface area contributed by atoms with Gasteiger partial charge in [0, 0.05) is 17.3 Å². The molecule has 0 aliphatic carbocycles. The lowest BCUT2D eigenvalue weighted by molar-refractivity contribution is 0.462. The molecule has 5 N–H and O–H groups in total. The number of unbranched alkanes of at least 4 members (excludes halogenated alkanes) is 1. The topological polar surface area (TPSA) is 88.8 Å². The van der Waals surface area contributed by atoms with E-state index in [1.807, 2.05) is 12.1 Å². The summed E-state index contributed by atoms with van der Waals surface area (Å²) in [6.45, 7) is 5.06. The first-order chi connectivity index (χ1) is 10.5. The van der Waals surface area contributed by atoms with E-state index in [-0.39, 0.29) is 11.9 Å². The average molecular weight is 324 g/mol. The summed E-state index contributed by atoms with van der Waals surface area (Å²) in [4.78, 5) is 8.37. The Kier molecular flexibility index (Phi) is 8.36. The number of benzene rings is 1. The molecule has 0 saturated carbocycles. The van der Waals surface area contributed by atoms with Crippen molar-refractivity contribution in [3.05, 3.63) is 29.3 Å². The Morgan fingerprint density at radius 1 is 1.23 bits per heavy atom. The smallest absolute Gasteiger partial charge is 0.218 e. The third kappa shape index (κ3) is 7.31. The van der Waals surface area contributed by atoms with Gasteiger partial charge in [0.1, 0.15) is 0 Å². The third-order valence-electron chi connectivity index (χ3n) is 3.41. The highest BCUT2D eigenvalue weighted by molar-refractivity contribution is 6.30. The van der Waals surface area contributed by atoms with E-state index in [9.17, 15) is 0 Å². The fourth-order valence-electron chi connectivity index (χ4n) is 2.01. The summed E-state index contributed by atoms with van der Waals surface area (Å²) in [5, 5.41) is 3.61. The molecule has 1 atom stereocenters. The van der Waals surface area contributed by atoms with Crippen molar-refractivity contribution in [1.82, 2.24) is 0 Å². The molecule has 1 rings (SSSR count). The molecule has 0 aliphatic heterocycles. The SMILES string of the molecule is CCCCC(CC)CN=C(N)N=C(N)Nc1ccc(Cl)cc1. The van der Waals surface area contributed by atoms with Crippen molar-refractivity contribution in [2.75, 3.05) is 11.9 Å². The summed E-state index contributed by atoms with van der Waals surface area (Å²) in [5.74, 6) is 0.971. The number of nitrogens with zero attached hydrogens (tertiary/aromatic N) is 2. The number of nitrogens with two attached hydrogens (primary N) is 2. The number of anilines is 1. The lowest BCUT2D eigenvalue weighted by atomic mass is 10.00. The Balaban J connectivity index is 2.54. The van der Waals surface area contributed by atoms with Gasteiger partial charge in [-0.3, -0.25) is 4.99 Å². The number of nitrogens with one attached hydrogen (secondary N) is 1. The van der Waals surface area contributed by atoms with Crippen molar-refractivity contribution in [2.45, 2.75) is 39.5 Å². The summed E-state index contributed by atoms with van der Waals surface area (Å²) in [6, 6.07) is 7.17. The molecular weight excluding hydrogens is 298 g/mol. The minimum absolute atomic E-state index is 0.203. The molecule has 0 amide bonds. The van der Waals surface area contributed by atoms with Gasteiger partial charge in [0.05, 0.1) is 0 Å². The Hall–Kier alpha value is -1.75. The molecule has 0 spiro atoms. The molecule has 1 aromatic carbocycles. The van der Waals surface area contributed by atoms with E-state index in [2.05, 4.69) is 29.1 Å². The monoisotopic (exact) mass is 323 g/mol. The molecule has 122 valence electrons. The van der Waals surface area contributed by atoms with Crippen molar-refractivity contribution in [1.29, 1.82) is 0 Å². The second kappa shape index (κ2) is 10.1. The number of halogens is 1. The average Bonchev–Trinajstić information content (AvgIpc) is 2.49. The van der Waals surface area contributed by atoms with Gasteiger partial charge in [-0.05, 0) is 36.6 Å². The van der Waals surface area contributed by atoms with Crippen LogP contribution in [0.3, 0.4) is 0 Å². The van der Waals surface area contributed by atoms with Gasteiger partial charge in [-0.1, -0.05) is 44.7 Å². The van der Waals surface area contributed by atoms with Crippen LogP contribution in [0.5, 0.6) is 0 Å². The fourth-order valence-corrected chi connectivity index (χ4v) is 2.13. The van der Waals surface area contributed by atoms with E-state index in [0.717, 1.165) is 12.1 Å². The van der Waals surface area contributed by atoms with Crippen LogP contribution in [0, 0.1) is 5.92 Å². The van der Waals surface area contributed by atoms with Crippen LogP contribution in [0.4, 0.5) is 5.69 Å². The lowest BCUT2D eigenvalue weighted by Crippen LogP contribution is -2.26. The quantitative estimate of drug-likeness (QED) is 0.529. The number of rotatable bonds is 7. The zero-order valence-corrected chi connectivity index (χ0v) is 14.1. The molecule has 1 aromatic rings. The first kappa shape index (κ1) is 18.3. The van der Waals surface area contributed by atoms with Gasteiger partial charge in [0.15, 0.2) is 0 Å². The van der Waals surface area contributed by atoms with Crippen molar-refractivity contribution < 1.29 is 0 Å². The summed E-state index contributed by atoms with van der Waals surface area (Å²) in [6.07, 6.45) is 4.69. The largest absolute Gasteiger partial charge is 0.369 e. The molecule has 0 aliphatic rings. The zero-order chi connectivity index (χ0) is 16.4. The molecule has 5 nitrogen and oxygen atoms in total. The molecule has 22 heavy (non-hydrogen) atoms. The lowest BCUT2D eigenvalue weighted by Gasteiger charge is -2.11. The molecule has 1 unspecified atom stereocenters. The van der Waals surface area contributed by atoms with Crippen LogP contribution in [-0.4, -0.2) is 18.5 Å². The van der Waals surface area contributed by atoms with E-state index in [1.54, 1.807) is 12.1 Å². The predicted octanol–water partition coefficient (Wildman–Crippen LogP) is 3.60. The van der Waals surface area contributed by atoms with Crippen molar-refractivity contribution >= 4 is 29.2 Å². The van der Waals surface area contributed by atoms with Gasteiger partial charge < -0.3 is 16.8 Å². The fraction of sp³-hybridized carbons (Fsp3) is 0.500. The maximum atomic E-state index is 5.82. The summed E-state index contributed by atoms with van der Waals surface area (Å²) >= 11 is 5.82. The highest BCUT2D eigenvalue weighted by Gasteiger charge is 2.05. The van der Waals surface area contributed by atoms with E-state index in [1.165, 1.54) is 19.3 Å². The number of aliphatic imine (C=N–C) groups is 2. The predicted molar refractivity (Wildman–Crippen MR) is 96.5 cm³/mol. The second-order valence-corrected chi connectivity index (χ2v) is 5.68. The van der Waals surface area contributed by atoms with Crippen LogP contribution in [0.25, 0.3) is 0 Å². The Bertz CT molecular complexity index is 496. The van der Waals surface area contributed by atoms with Crippen LogP contribution < -0.4 is 16.8 Å². The van der Waals surface area contributed by atoms with Crippen LogP contribution in [0.15, 0.2) is 34.3 Å². The van der Waals surface area contributed by atoms with E-state index in [0.29, 0.717) is 17.5 Å². The van der Waals surface area contributed by atoms with Gasteiger partial charge in [0.2, 0.25) is 11.9 Å². The van der Waals surface area contributed by atoms with Gasteiger partial charge in [-0.2, -0.15) is 4.99 Å². The van der Waals surface area contributed by atoms with Crippen molar-refractivity contribution in [2.24, 2.45) is 27.4 Å².